The molecule has 0 unspecified atom stereocenters. The normalized spacial score (nSPS) is 14.0. The van der Waals surface area contributed by atoms with Gasteiger partial charge in [0.05, 0.1) is 0 Å². The Morgan fingerprint density at radius 3 is 0.833 bits per heavy atom. The Kier molecular flexibility index (Phi) is 3.13. The summed E-state index contributed by atoms with van der Waals surface area (Å²) in [7, 11) is 0.811. The second-order valence-corrected chi connectivity index (χ2v) is 9.88. The van der Waals surface area contributed by atoms with Gasteiger partial charge in [-0.15, -0.1) is 0 Å². The average molecular weight is 126 g/mol. The first kappa shape index (κ1) is 6.70. The van der Waals surface area contributed by atoms with Crippen molar-refractivity contribution < 1.29 is 0 Å². The van der Waals surface area contributed by atoms with Crippen molar-refractivity contribution in [1.29, 1.82) is 0 Å². The fourth-order valence-electron chi connectivity index (χ4n) is 0. The summed E-state index contributed by atoms with van der Waals surface area (Å²) >= 11 is 0. The summed E-state index contributed by atoms with van der Waals surface area (Å²) in [4.78, 5) is 0. The number of thiol groups is 2. The van der Waals surface area contributed by atoms with Crippen LogP contribution in [0, 0.1) is 0 Å². The van der Waals surface area contributed by atoms with Gasteiger partial charge in [0.1, 0.15) is 0 Å². The minimum absolute atomic E-state index is 0.405. The zero-order valence-electron chi connectivity index (χ0n) is 4.89. The lowest BCUT2D eigenvalue weighted by molar-refractivity contribution is 2.29. The van der Waals surface area contributed by atoms with Crippen LogP contribution in [-0.4, -0.2) is 25.0 Å². The molecule has 0 radical (unpaired) electrons. The lowest BCUT2D eigenvalue weighted by Gasteiger charge is -2.17. The highest BCUT2D eigenvalue weighted by Crippen LogP contribution is 2.41. The van der Waals surface area contributed by atoms with Gasteiger partial charge >= 0.3 is 0 Å². The van der Waals surface area contributed by atoms with Crippen LogP contribution in [0.5, 0.6) is 0 Å². The van der Waals surface area contributed by atoms with Gasteiger partial charge in [0.25, 0.3) is 0 Å². The molecule has 0 spiro atoms. The smallest absolute Gasteiger partial charge is 0.0302 e. The third-order valence-electron chi connectivity index (χ3n) is 0.800. The summed E-state index contributed by atoms with van der Waals surface area (Å²) in [5, 5.41) is 0. The summed E-state index contributed by atoms with van der Waals surface area (Å²) in [6.45, 7) is 0. The van der Waals surface area contributed by atoms with Gasteiger partial charge in [-0.3, -0.25) is 0 Å². The standard InChI is InChI=1S/C4H14S2/c1-5(2)6(3)4/h5-6H,1-4H3. The molecule has 0 atom stereocenters. The maximum absolute atomic E-state index is 2.33. The fourth-order valence-corrected chi connectivity index (χ4v) is 0. The highest BCUT2D eigenvalue weighted by atomic mass is 33.2. The molecule has 0 amide bonds. The molecule has 0 nitrogen and oxygen atoms in total. The van der Waals surface area contributed by atoms with Gasteiger partial charge in [-0.05, 0) is 25.0 Å². The average Bonchev–Trinajstić information content (AvgIpc) is 1.36. The van der Waals surface area contributed by atoms with Gasteiger partial charge < -0.3 is 0 Å². The first-order valence-electron chi connectivity index (χ1n) is 1.99. The van der Waals surface area contributed by atoms with Crippen LogP contribution < -0.4 is 0 Å². The van der Waals surface area contributed by atoms with Crippen LogP contribution in [0.2, 0.25) is 0 Å². The minimum Gasteiger partial charge on any atom is -0.230 e. The minimum atomic E-state index is 0.405. The first-order chi connectivity index (χ1) is 2.64. The highest BCUT2D eigenvalue weighted by Gasteiger charge is 1.84. The van der Waals surface area contributed by atoms with Gasteiger partial charge in [-0.1, -0.05) is 0 Å². The molecule has 0 bridgehead atoms. The molecular formula is C4H14S2. The van der Waals surface area contributed by atoms with E-state index in [0.717, 1.165) is 0 Å². The maximum Gasteiger partial charge on any atom is -0.0302 e. The zero-order chi connectivity index (χ0) is 5.15. The van der Waals surface area contributed by atoms with Gasteiger partial charge in [-0.2, -0.15) is 0 Å². The van der Waals surface area contributed by atoms with Crippen LogP contribution >= 0.6 is 19.9 Å². The van der Waals surface area contributed by atoms with Gasteiger partial charge in [-0.25, -0.2) is 19.9 Å². The van der Waals surface area contributed by atoms with E-state index < -0.39 is 0 Å². The van der Waals surface area contributed by atoms with Gasteiger partial charge in [0, 0.05) is 0 Å². The third kappa shape index (κ3) is 2.91. The Hall–Kier alpha value is 0.700. The molecule has 42 valence electrons. The second kappa shape index (κ2) is 2.80. The molecule has 0 aliphatic rings. The topological polar surface area (TPSA) is 0 Å². The Bertz CT molecular complexity index is 26.5. The molecular weight excluding hydrogens is 112 g/mol. The van der Waals surface area contributed by atoms with E-state index in [1.165, 1.54) is 0 Å². The molecule has 6 heavy (non-hydrogen) atoms. The van der Waals surface area contributed by atoms with Crippen molar-refractivity contribution in [3.8, 4) is 0 Å². The van der Waals surface area contributed by atoms with E-state index in [0.29, 0.717) is 19.9 Å². The molecule has 0 N–H and O–H groups in total. The summed E-state index contributed by atoms with van der Waals surface area (Å²) in [5.74, 6) is 0. The molecule has 0 rings (SSSR count). The highest BCUT2D eigenvalue weighted by molar-refractivity contribution is 8.92. The van der Waals surface area contributed by atoms with Crippen molar-refractivity contribution in [2.75, 3.05) is 25.0 Å². The van der Waals surface area contributed by atoms with Crippen LogP contribution in [0.25, 0.3) is 0 Å². The van der Waals surface area contributed by atoms with Crippen LogP contribution in [0.15, 0.2) is 0 Å². The van der Waals surface area contributed by atoms with E-state index in [2.05, 4.69) is 25.0 Å². The molecule has 0 aliphatic heterocycles. The fraction of sp³-hybridized carbons (Fsp3) is 1.00. The Balaban J connectivity index is 2.99. The maximum atomic E-state index is 2.33. The predicted octanol–water partition coefficient (Wildman–Crippen LogP) is 1.42. The summed E-state index contributed by atoms with van der Waals surface area (Å²) < 4.78 is 0. The first-order valence-corrected chi connectivity index (χ1v) is 7.17. The van der Waals surface area contributed by atoms with E-state index in [9.17, 15) is 0 Å². The Labute approximate surface area is 45.4 Å². The van der Waals surface area contributed by atoms with Crippen molar-refractivity contribution in [2.45, 2.75) is 0 Å². The Morgan fingerprint density at radius 1 is 0.667 bits per heavy atom. The molecule has 0 aromatic carbocycles. The third-order valence-corrected chi connectivity index (χ3v) is 7.20. The summed E-state index contributed by atoms with van der Waals surface area (Å²) in [6.07, 6.45) is 9.34. The van der Waals surface area contributed by atoms with Crippen molar-refractivity contribution in [3.05, 3.63) is 0 Å². The van der Waals surface area contributed by atoms with Crippen molar-refractivity contribution in [1.82, 2.24) is 0 Å². The molecule has 0 aliphatic carbocycles. The van der Waals surface area contributed by atoms with Crippen LogP contribution in [0.1, 0.15) is 0 Å². The second-order valence-electron chi connectivity index (χ2n) is 1.69. The predicted molar refractivity (Wildman–Crippen MR) is 41.7 cm³/mol. The van der Waals surface area contributed by atoms with Crippen LogP contribution in [-0.2, 0) is 0 Å². The van der Waals surface area contributed by atoms with E-state index in [-0.39, 0.29) is 0 Å². The summed E-state index contributed by atoms with van der Waals surface area (Å²) in [5.41, 5.74) is 0. The zero-order valence-corrected chi connectivity index (χ0v) is 6.68. The quantitative estimate of drug-likeness (QED) is 0.385. The molecule has 0 heterocycles. The van der Waals surface area contributed by atoms with E-state index in [1.54, 1.807) is 0 Å². The van der Waals surface area contributed by atoms with E-state index in [1.807, 2.05) is 0 Å². The SMILES string of the molecule is C[SH](C)[SH](C)C. The largest absolute Gasteiger partial charge is 0.230 e. The molecule has 0 fully saturated rings. The van der Waals surface area contributed by atoms with E-state index >= 15 is 0 Å². The van der Waals surface area contributed by atoms with Crippen LogP contribution in [0.4, 0.5) is 0 Å². The van der Waals surface area contributed by atoms with Gasteiger partial charge in [0.15, 0.2) is 0 Å². The van der Waals surface area contributed by atoms with Gasteiger partial charge in [0.2, 0.25) is 0 Å². The molecule has 0 aromatic heterocycles. The monoisotopic (exact) mass is 126 g/mol. The van der Waals surface area contributed by atoms with Crippen molar-refractivity contribution in [2.24, 2.45) is 0 Å². The lowest BCUT2D eigenvalue weighted by atomic mass is 11.9. The van der Waals surface area contributed by atoms with Crippen LogP contribution in [0.3, 0.4) is 0 Å². The Morgan fingerprint density at radius 2 is 0.833 bits per heavy atom. The number of rotatable bonds is 1. The molecule has 0 saturated heterocycles. The molecule has 0 saturated carbocycles. The van der Waals surface area contributed by atoms with Crippen molar-refractivity contribution in [3.63, 3.8) is 0 Å². The molecule has 2 heteroatoms. The summed E-state index contributed by atoms with van der Waals surface area (Å²) in [6, 6.07) is 0. The van der Waals surface area contributed by atoms with Crippen molar-refractivity contribution >= 4 is 19.9 Å². The lowest BCUT2D eigenvalue weighted by Crippen LogP contribution is -1.69. The number of hydrogen-bond acceptors (Lipinski definition) is 0. The number of hydrogen-bond donors (Lipinski definition) is 2. The van der Waals surface area contributed by atoms with E-state index in [4.69, 9.17) is 0 Å². The molecule has 0 aromatic rings.